The van der Waals surface area contributed by atoms with Crippen molar-refractivity contribution >= 4 is 29.3 Å². The molecule has 0 fully saturated rings. The van der Waals surface area contributed by atoms with Crippen LogP contribution >= 0.6 is 0 Å². The maximum atomic E-state index is 12.3. The highest BCUT2D eigenvalue weighted by molar-refractivity contribution is 6.22. The van der Waals surface area contributed by atoms with Crippen LogP contribution in [-0.4, -0.2) is 45.1 Å². The molecular weight excluding hydrogens is 372 g/mol. The molecule has 2 aromatic rings. The fourth-order valence-electron chi connectivity index (χ4n) is 2.53. The van der Waals surface area contributed by atoms with Crippen LogP contribution in [0.3, 0.4) is 0 Å². The van der Waals surface area contributed by atoms with Gasteiger partial charge in [-0.25, -0.2) is 0 Å². The summed E-state index contributed by atoms with van der Waals surface area (Å²) in [6, 6.07) is 8.44. The van der Waals surface area contributed by atoms with Crippen molar-refractivity contribution in [3.8, 4) is 5.75 Å². The van der Waals surface area contributed by atoms with Gasteiger partial charge in [0.25, 0.3) is 29.3 Å². The third kappa shape index (κ3) is 3.49. The maximum absolute atomic E-state index is 12.3. The fourth-order valence-corrected chi connectivity index (χ4v) is 2.53. The molecule has 0 spiro atoms. The Hall–Kier alpha value is -4.28. The zero-order valence-corrected chi connectivity index (χ0v) is 14.0. The summed E-state index contributed by atoms with van der Waals surface area (Å²) in [7, 11) is 0. The molecule has 3 N–H and O–H groups in total. The number of non-ortho nitro benzene ring substituents is 1. The van der Waals surface area contributed by atoms with Crippen molar-refractivity contribution in [3.63, 3.8) is 0 Å². The van der Waals surface area contributed by atoms with Crippen LogP contribution in [0.2, 0.25) is 0 Å². The molecule has 1 aliphatic rings. The quantitative estimate of drug-likeness (QED) is 0.390. The number of phenolic OH excluding ortho intramolecular Hbond substituents is 1. The summed E-state index contributed by atoms with van der Waals surface area (Å²) in [6.07, 6.45) is 0. The van der Waals surface area contributed by atoms with E-state index in [0.29, 0.717) is 4.90 Å². The monoisotopic (exact) mass is 384 g/mol. The summed E-state index contributed by atoms with van der Waals surface area (Å²) in [4.78, 5) is 59.2. The number of hydrogen-bond acceptors (Lipinski definition) is 7. The topological polar surface area (TPSA) is 159 Å². The predicted octanol–water partition coefficient (Wildman–Crippen LogP) is 0.358. The zero-order valence-electron chi connectivity index (χ0n) is 14.0. The molecule has 0 bridgehead atoms. The van der Waals surface area contributed by atoms with Crippen LogP contribution in [0, 0.1) is 10.1 Å². The van der Waals surface area contributed by atoms with E-state index in [1.54, 1.807) is 0 Å². The standard InChI is InChI=1S/C17H12N4O7/c22-11-4-1-9(2-5-11)15(24)19-18-14(23)8-20-16(25)12-6-3-10(21(27)28)7-13(12)17(20)26/h1-7,22H,8H2,(H,18,23)(H,19,24). The van der Waals surface area contributed by atoms with Gasteiger partial charge in [-0.15, -0.1) is 0 Å². The van der Waals surface area contributed by atoms with Crippen LogP contribution in [0.25, 0.3) is 0 Å². The van der Waals surface area contributed by atoms with E-state index >= 15 is 0 Å². The summed E-state index contributed by atoms with van der Waals surface area (Å²) >= 11 is 0. The molecule has 0 unspecified atom stereocenters. The van der Waals surface area contributed by atoms with Gasteiger partial charge in [-0.2, -0.15) is 0 Å². The third-order valence-electron chi connectivity index (χ3n) is 3.91. The van der Waals surface area contributed by atoms with Crippen LogP contribution in [0.1, 0.15) is 31.1 Å². The highest BCUT2D eigenvalue weighted by Crippen LogP contribution is 2.26. The normalized spacial score (nSPS) is 12.5. The van der Waals surface area contributed by atoms with E-state index in [-0.39, 0.29) is 28.1 Å². The molecule has 4 amide bonds. The number of hydrogen-bond donors (Lipinski definition) is 3. The fraction of sp³-hybridized carbons (Fsp3) is 0.0588. The minimum atomic E-state index is -0.851. The van der Waals surface area contributed by atoms with Gasteiger partial charge >= 0.3 is 0 Å². The van der Waals surface area contributed by atoms with Crippen molar-refractivity contribution in [1.82, 2.24) is 15.8 Å². The second-order valence-corrected chi connectivity index (χ2v) is 5.73. The summed E-state index contributed by atoms with van der Waals surface area (Å²) in [5, 5.41) is 20.0. The highest BCUT2D eigenvalue weighted by atomic mass is 16.6. The van der Waals surface area contributed by atoms with Crippen LogP contribution in [-0.2, 0) is 4.79 Å². The second-order valence-electron chi connectivity index (χ2n) is 5.73. The van der Waals surface area contributed by atoms with Crippen molar-refractivity contribution in [2.24, 2.45) is 0 Å². The van der Waals surface area contributed by atoms with Gasteiger partial charge in [0.2, 0.25) is 0 Å². The number of carbonyl (C=O) groups is 4. The minimum absolute atomic E-state index is 0.0357. The van der Waals surface area contributed by atoms with Gasteiger partial charge in [-0.1, -0.05) is 0 Å². The Morgan fingerprint density at radius 3 is 2.29 bits per heavy atom. The number of imide groups is 1. The first-order valence-corrected chi connectivity index (χ1v) is 7.81. The summed E-state index contributed by atoms with van der Waals surface area (Å²) in [5.41, 5.74) is 3.77. The van der Waals surface area contributed by atoms with Gasteiger partial charge < -0.3 is 5.11 Å². The van der Waals surface area contributed by atoms with Crippen LogP contribution < -0.4 is 10.9 Å². The minimum Gasteiger partial charge on any atom is -0.508 e. The van der Waals surface area contributed by atoms with E-state index < -0.39 is 35.1 Å². The van der Waals surface area contributed by atoms with E-state index in [9.17, 15) is 34.4 Å². The molecule has 0 saturated heterocycles. The Bertz CT molecular complexity index is 1020. The van der Waals surface area contributed by atoms with E-state index in [1.165, 1.54) is 24.3 Å². The van der Waals surface area contributed by atoms with E-state index in [0.717, 1.165) is 18.2 Å². The first-order chi connectivity index (χ1) is 13.3. The Kier molecular flexibility index (Phi) is 4.73. The molecule has 11 nitrogen and oxygen atoms in total. The molecule has 11 heteroatoms. The maximum Gasteiger partial charge on any atom is 0.270 e. The molecule has 0 radical (unpaired) electrons. The average Bonchev–Trinajstić information content (AvgIpc) is 2.91. The smallest absolute Gasteiger partial charge is 0.270 e. The lowest BCUT2D eigenvalue weighted by atomic mass is 10.1. The number of phenols is 1. The Morgan fingerprint density at radius 1 is 1.00 bits per heavy atom. The van der Waals surface area contributed by atoms with Gasteiger partial charge in [0.1, 0.15) is 12.3 Å². The molecule has 0 aliphatic carbocycles. The third-order valence-corrected chi connectivity index (χ3v) is 3.91. The van der Waals surface area contributed by atoms with E-state index in [2.05, 4.69) is 10.9 Å². The molecule has 142 valence electrons. The number of nitro groups is 1. The van der Waals surface area contributed by atoms with Crippen molar-refractivity contribution in [1.29, 1.82) is 0 Å². The predicted molar refractivity (Wildman–Crippen MR) is 92.2 cm³/mol. The lowest BCUT2D eigenvalue weighted by Gasteiger charge is -2.14. The molecular formula is C17H12N4O7. The van der Waals surface area contributed by atoms with E-state index in [4.69, 9.17) is 0 Å². The number of carbonyl (C=O) groups excluding carboxylic acids is 4. The number of amides is 4. The highest BCUT2D eigenvalue weighted by Gasteiger charge is 2.37. The molecule has 28 heavy (non-hydrogen) atoms. The van der Waals surface area contributed by atoms with Gasteiger partial charge in [0.05, 0.1) is 16.1 Å². The Morgan fingerprint density at radius 2 is 1.64 bits per heavy atom. The van der Waals surface area contributed by atoms with Crippen molar-refractivity contribution < 1.29 is 29.2 Å². The molecule has 3 rings (SSSR count). The largest absolute Gasteiger partial charge is 0.508 e. The van der Waals surface area contributed by atoms with Gasteiger partial charge in [0.15, 0.2) is 0 Å². The number of rotatable bonds is 4. The number of nitrogens with zero attached hydrogens (tertiary/aromatic N) is 2. The van der Waals surface area contributed by atoms with Gasteiger partial charge in [-0.3, -0.25) is 45.0 Å². The second kappa shape index (κ2) is 7.15. The molecule has 0 atom stereocenters. The Labute approximate surface area is 156 Å². The van der Waals surface area contributed by atoms with Crippen molar-refractivity contribution in [2.75, 3.05) is 6.54 Å². The van der Waals surface area contributed by atoms with Gasteiger partial charge in [-0.05, 0) is 30.3 Å². The first kappa shape index (κ1) is 18.5. The lowest BCUT2D eigenvalue weighted by Crippen LogP contribution is -2.47. The number of benzene rings is 2. The number of nitrogens with one attached hydrogen (secondary N) is 2. The zero-order chi connectivity index (χ0) is 20.4. The van der Waals surface area contributed by atoms with Crippen molar-refractivity contribution in [3.05, 3.63) is 69.3 Å². The summed E-state index contributed by atoms with van der Waals surface area (Å²) in [6.45, 7) is -0.685. The van der Waals surface area contributed by atoms with E-state index in [1.807, 2.05) is 0 Å². The average molecular weight is 384 g/mol. The lowest BCUT2D eigenvalue weighted by molar-refractivity contribution is -0.384. The van der Waals surface area contributed by atoms with Gasteiger partial charge in [0, 0.05) is 17.7 Å². The number of aromatic hydroxyl groups is 1. The van der Waals surface area contributed by atoms with Crippen LogP contribution in [0.15, 0.2) is 42.5 Å². The molecule has 1 aliphatic heterocycles. The number of nitro benzene ring substituents is 1. The summed E-state index contributed by atoms with van der Waals surface area (Å²) in [5.74, 6) is -3.17. The molecule has 0 aromatic heterocycles. The Balaban J connectivity index is 1.63. The molecule has 1 heterocycles. The molecule has 2 aromatic carbocycles. The first-order valence-electron chi connectivity index (χ1n) is 7.81. The molecule has 0 saturated carbocycles. The van der Waals surface area contributed by atoms with Crippen LogP contribution in [0.5, 0.6) is 5.75 Å². The van der Waals surface area contributed by atoms with Crippen LogP contribution in [0.4, 0.5) is 5.69 Å². The summed E-state index contributed by atoms with van der Waals surface area (Å²) < 4.78 is 0. The van der Waals surface area contributed by atoms with Crippen molar-refractivity contribution in [2.45, 2.75) is 0 Å². The SMILES string of the molecule is O=C(CN1C(=O)c2ccc([N+](=O)[O-])cc2C1=O)NNC(=O)c1ccc(O)cc1. The number of fused-ring (bicyclic) bond motifs is 1. The number of hydrazine groups is 1.